The van der Waals surface area contributed by atoms with E-state index in [-0.39, 0.29) is 0 Å². The predicted octanol–water partition coefficient (Wildman–Crippen LogP) is 3.88. The molecule has 0 aliphatic rings. The number of alkyl halides is 1. The van der Waals surface area contributed by atoms with Crippen molar-refractivity contribution in [1.29, 1.82) is 0 Å². The SMILES string of the molecule is CCC(Cl)SC(CC)CC. The summed E-state index contributed by atoms with van der Waals surface area (Å²) in [5.74, 6) is 0. The van der Waals surface area contributed by atoms with Gasteiger partial charge in [0.05, 0.1) is 4.71 Å². The van der Waals surface area contributed by atoms with E-state index in [2.05, 4.69) is 20.8 Å². The van der Waals surface area contributed by atoms with Crippen LogP contribution in [0.3, 0.4) is 0 Å². The predicted molar refractivity (Wildman–Crippen MR) is 51.9 cm³/mol. The molecule has 0 spiro atoms. The van der Waals surface area contributed by atoms with Crippen LogP contribution >= 0.6 is 23.4 Å². The summed E-state index contributed by atoms with van der Waals surface area (Å²) in [6.45, 7) is 6.58. The molecule has 1 unspecified atom stereocenters. The Bertz CT molecular complexity index is 71.7. The van der Waals surface area contributed by atoms with Gasteiger partial charge in [-0.15, -0.1) is 23.4 Å². The van der Waals surface area contributed by atoms with Crippen molar-refractivity contribution in [3.05, 3.63) is 0 Å². The van der Waals surface area contributed by atoms with E-state index in [0.717, 1.165) is 11.7 Å². The lowest BCUT2D eigenvalue weighted by Gasteiger charge is -2.14. The monoisotopic (exact) mass is 180 g/mol. The van der Waals surface area contributed by atoms with Gasteiger partial charge in [0, 0.05) is 5.25 Å². The van der Waals surface area contributed by atoms with Crippen LogP contribution in [0.1, 0.15) is 40.0 Å². The number of hydrogen-bond donors (Lipinski definition) is 0. The maximum absolute atomic E-state index is 5.98. The molecule has 0 aliphatic heterocycles. The first-order chi connectivity index (χ1) is 4.74. The molecule has 0 aromatic carbocycles. The van der Waals surface area contributed by atoms with Crippen LogP contribution in [-0.4, -0.2) is 9.96 Å². The molecule has 0 radical (unpaired) electrons. The van der Waals surface area contributed by atoms with Gasteiger partial charge in [0.1, 0.15) is 0 Å². The van der Waals surface area contributed by atoms with Gasteiger partial charge in [-0.3, -0.25) is 0 Å². The second kappa shape index (κ2) is 6.36. The zero-order valence-electron chi connectivity index (χ0n) is 7.06. The molecule has 62 valence electrons. The van der Waals surface area contributed by atoms with Crippen LogP contribution in [0.4, 0.5) is 0 Å². The fourth-order valence-corrected chi connectivity index (χ4v) is 2.22. The molecular formula is C8H17ClS. The zero-order chi connectivity index (χ0) is 7.98. The normalized spacial score (nSPS) is 14.1. The highest BCUT2D eigenvalue weighted by Crippen LogP contribution is 2.27. The number of thioether (sulfide) groups is 1. The highest BCUT2D eigenvalue weighted by molar-refractivity contribution is 8.01. The Hall–Kier alpha value is 0.640. The third-order valence-electron chi connectivity index (χ3n) is 1.57. The van der Waals surface area contributed by atoms with Gasteiger partial charge in [0.25, 0.3) is 0 Å². The highest BCUT2D eigenvalue weighted by Gasteiger charge is 2.09. The molecule has 0 saturated carbocycles. The fourth-order valence-electron chi connectivity index (χ4n) is 0.786. The molecule has 0 heterocycles. The van der Waals surface area contributed by atoms with Crippen LogP contribution in [0.5, 0.6) is 0 Å². The number of hydrogen-bond acceptors (Lipinski definition) is 1. The van der Waals surface area contributed by atoms with Gasteiger partial charge in [-0.1, -0.05) is 20.8 Å². The lowest BCUT2D eigenvalue weighted by Crippen LogP contribution is -2.03. The molecule has 0 aliphatic carbocycles. The van der Waals surface area contributed by atoms with E-state index < -0.39 is 0 Å². The third-order valence-corrected chi connectivity index (χ3v) is 3.87. The molecule has 1 atom stereocenters. The largest absolute Gasteiger partial charge is 0.139 e. The smallest absolute Gasteiger partial charge is 0.0789 e. The molecule has 0 rings (SSSR count). The second-order valence-electron chi connectivity index (χ2n) is 2.39. The van der Waals surface area contributed by atoms with E-state index >= 15 is 0 Å². The van der Waals surface area contributed by atoms with Crippen molar-refractivity contribution in [2.45, 2.75) is 50.0 Å². The van der Waals surface area contributed by atoms with Gasteiger partial charge >= 0.3 is 0 Å². The van der Waals surface area contributed by atoms with Gasteiger partial charge in [0.2, 0.25) is 0 Å². The molecule has 0 nitrogen and oxygen atoms in total. The Labute approximate surface area is 73.7 Å². The summed E-state index contributed by atoms with van der Waals surface area (Å²) < 4.78 is 0.324. The van der Waals surface area contributed by atoms with Crippen molar-refractivity contribution in [3.63, 3.8) is 0 Å². The van der Waals surface area contributed by atoms with E-state index in [1.54, 1.807) is 0 Å². The van der Waals surface area contributed by atoms with Crippen LogP contribution in [0.25, 0.3) is 0 Å². The van der Waals surface area contributed by atoms with Crippen molar-refractivity contribution >= 4 is 23.4 Å². The topological polar surface area (TPSA) is 0 Å². The van der Waals surface area contributed by atoms with E-state index in [4.69, 9.17) is 11.6 Å². The lowest BCUT2D eigenvalue weighted by molar-refractivity contribution is 0.788. The minimum Gasteiger partial charge on any atom is -0.139 e. The van der Waals surface area contributed by atoms with Crippen LogP contribution in [0.15, 0.2) is 0 Å². The van der Waals surface area contributed by atoms with Gasteiger partial charge in [-0.25, -0.2) is 0 Å². The molecule has 2 heteroatoms. The van der Waals surface area contributed by atoms with Gasteiger partial charge in [-0.2, -0.15) is 0 Å². The summed E-state index contributed by atoms with van der Waals surface area (Å²) in [6, 6.07) is 0. The summed E-state index contributed by atoms with van der Waals surface area (Å²) >= 11 is 7.89. The summed E-state index contributed by atoms with van der Waals surface area (Å²) in [6.07, 6.45) is 3.55. The average Bonchev–Trinajstić information content (AvgIpc) is 1.99. The molecule has 0 N–H and O–H groups in total. The first-order valence-electron chi connectivity index (χ1n) is 4.04. The van der Waals surface area contributed by atoms with Crippen molar-refractivity contribution in [2.75, 3.05) is 0 Å². The highest BCUT2D eigenvalue weighted by atomic mass is 35.5. The lowest BCUT2D eigenvalue weighted by atomic mass is 10.3. The standard InChI is InChI=1S/C8H17ClS/c1-4-7(5-2)10-8(9)6-3/h7-8H,4-6H2,1-3H3. The molecule has 0 amide bonds. The van der Waals surface area contributed by atoms with Crippen molar-refractivity contribution in [1.82, 2.24) is 0 Å². The molecular weight excluding hydrogens is 164 g/mol. The third kappa shape index (κ3) is 4.45. The molecule has 0 aromatic rings. The van der Waals surface area contributed by atoms with E-state index in [0.29, 0.717) is 4.71 Å². The van der Waals surface area contributed by atoms with Gasteiger partial charge < -0.3 is 0 Å². The molecule has 0 fully saturated rings. The van der Waals surface area contributed by atoms with Crippen LogP contribution < -0.4 is 0 Å². The molecule has 0 aromatic heterocycles. The number of halogens is 1. The Kier molecular flexibility index (Phi) is 6.76. The van der Waals surface area contributed by atoms with Crippen LogP contribution in [0, 0.1) is 0 Å². The minimum atomic E-state index is 0.324. The van der Waals surface area contributed by atoms with Crippen LogP contribution in [-0.2, 0) is 0 Å². The Morgan fingerprint density at radius 1 is 1.10 bits per heavy atom. The first-order valence-corrected chi connectivity index (χ1v) is 5.41. The summed E-state index contributed by atoms with van der Waals surface area (Å²) in [7, 11) is 0. The first kappa shape index (κ1) is 10.6. The Morgan fingerprint density at radius 2 is 1.60 bits per heavy atom. The van der Waals surface area contributed by atoms with Crippen LogP contribution in [0.2, 0.25) is 0 Å². The summed E-state index contributed by atoms with van der Waals surface area (Å²) in [4.78, 5) is 0. The van der Waals surface area contributed by atoms with E-state index in [1.165, 1.54) is 12.8 Å². The fraction of sp³-hybridized carbons (Fsp3) is 1.00. The quantitative estimate of drug-likeness (QED) is 0.579. The maximum Gasteiger partial charge on any atom is 0.0789 e. The van der Waals surface area contributed by atoms with Crippen molar-refractivity contribution < 1.29 is 0 Å². The van der Waals surface area contributed by atoms with Gasteiger partial charge in [0.15, 0.2) is 0 Å². The Morgan fingerprint density at radius 3 is 1.90 bits per heavy atom. The second-order valence-corrected chi connectivity index (χ2v) is 4.69. The van der Waals surface area contributed by atoms with Gasteiger partial charge in [-0.05, 0) is 19.3 Å². The number of rotatable bonds is 5. The summed E-state index contributed by atoms with van der Waals surface area (Å²) in [5, 5.41) is 0.766. The molecule has 0 saturated heterocycles. The van der Waals surface area contributed by atoms with E-state index in [9.17, 15) is 0 Å². The molecule has 0 bridgehead atoms. The average molecular weight is 181 g/mol. The molecule has 10 heavy (non-hydrogen) atoms. The van der Waals surface area contributed by atoms with E-state index in [1.807, 2.05) is 11.8 Å². The van der Waals surface area contributed by atoms with Crippen molar-refractivity contribution in [3.8, 4) is 0 Å². The van der Waals surface area contributed by atoms with Crippen molar-refractivity contribution in [2.24, 2.45) is 0 Å². The summed E-state index contributed by atoms with van der Waals surface area (Å²) in [5.41, 5.74) is 0. The maximum atomic E-state index is 5.98. The minimum absolute atomic E-state index is 0.324. The Balaban J connectivity index is 3.41. The zero-order valence-corrected chi connectivity index (χ0v) is 8.63.